The van der Waals surface area contributed by atoms with Crippen LogP contribution in [0.3, 0.4) is 0 Å². The van der Waals surface area contributed by atoms with E-state index in [0.29, 0.717) is 11.6 Å². The lowest BCUT2D eigenvalue weighted by molar-refractivity contribution is 0.0958. The lowest BCUT2D eigenvalue weighted by atomic mass is 10.3. The summed E-state index contributed by atoms with van der Waals surface area (Å²) in [7, 11) is 0. The fourth-order valence-corrected chi connectivity index (χ4v) is 2.56. The van der Waals surface area contributed by atoms with Gasteiger partial charge in [0.15, 0.2) is 17.3 Å². The first-order valence-electron chi connectivity index (χ1n) is 8.87. The largest absolute Gasteiger partial charge is 0.354 e. The molecule has 0 saturated carbocycles. The second-order valence-corrected chi connectivity index (χ2v) is 5.71. The molecule has 0 atom stereocenters. The van der Waals surface area contributed by atoms with E-state index in [4.69, 9.17) is 4.11 Å². The van der Waals surface area contributed by atoms with Gasteiger partial charge in [0.25, 0.3) is 5.91 Å². The molecule has 0 bridgehead atoms. The van der Waals surface area contributed by atoms with E-state index in [1.807, 2.05) is 17.6 Å². The van der Waals surface area contributed by atoms with Gasteiger partial charge in [-0.15, -0.1) is 27.1 Å². The van der Waals surface area contributed by atoms with Crippen molar-refractivity contribution in [1.29, 1.82) is 0 Å². The zero-order valence-corrected chi connectivity index (χ0v) is 14.4. The molecule has 10 heteroatoms. The Bertz CT molecular complexity index is 1000. The minimum atomic E-state index is -2.66. The van der Waals surface area contributed by atoms with Gasteiger partial charge in [0, 0.05) is 34.4 Å². The number of nitrogens with zero attached hydrogens (tertiary/aromatic N) is 5. The third kappa shape index (κ3) is 4.03. The molecule has 0 aliphatic rings. The van der Waals surface area contributed by atoms with E-state index in [9.17, 15) is 4.79 Å². The molecule has 0 aliphatic heterocycles. The van der Waals surface area contributed by atoms with Crippen LogP contribution >= 0.6 is 11.8 Å². The van der Waals surface area contributed by atoms with Crippen molar-refractivity contribution >= 4 is 40.8 Å². The molecule has 3 rings (SSSR count). The molecule has 3 aromatic heterocycles. The van der Waals surface area contributed by atoms with E-state index >= 15 is 0 Å². The van der Waals surface area contributed by atoms with Crippen LogP contribution in [0.4, 0.5) is 23.1 Å². The minimum Gasteiger partial charge on any atom is -0.354 e. The molecular formula is C16H16N8OS. The molecule has 3 N–H and O–H groups in total. The number of pyridine rings is 1. The van der Waals surface area contributed by atoms with Gasteiger partial charge >= 0.3 is 0 Å². The molecule has 3 aromatic rings. The Labute approximate surface area is 158 Å². The summed E-state index contributed by atoms with van der Waals surface area (Å²) in [5.74, 6) is 0.296. The van der Waals surface area contributed by atoms with Crippen LogP contribution in [0.5, 0.6) is 0 Å². The third-order valence-electron chi connectivity index (χ3n) is 3.19. The van der Waals surface area contributed by atoms with Crippen molar-refractivity contribution in [2.75, 3.05) is 23.9 Å². The minimum absolute atomic E-state index is 0.191. The van der Waals surface area contributed by atoms with Crippen molar-refractivity contribution in [1.82, 2.24) is 30.7 Å². The van der Waals surface area contributed by atoms with Gasteiger partial charge in [0.2, 0.25) is 0 Å². The Hall–Kier alpha value is -3.27. The van der Waals surface area contributed by atoms with Crippen LogP contribution in [0.2, 0.25) is 0 Å². The number of rotatable bonds is 6. The van der Waals surface area contributed by atoms with Gasteiger partial charge in [-0.05, 0) is 30.5 Å². The molecule has 0 spiro atoms. The van der Waals surface area contributed by atoms with Crippen LogP contribution < -0.4 is 16.0 Å². The van der Waals surface area contributed by atoms with Crippen molar-refractivity contribution in [3.8, 4) is 0 Å². The standard InChI is InChI=1S/C16H16N8OS/c1-17-16(25)14-10(20-15-11(26-2)5-3-7-18-15)9-13(23-24-14)21-12-6-4-8-19-22-12/h3-9H,1-2H3,(H,17,25)(H2,18,20,21,22,23)/i1D3. The number of hydrogen-bond donors (Lipinski definition) is 3. The Balaban J connectivity index is 1.98. The highest BCUT2D eigenvalue weighted by Crippen LogP contribution is 2.28. The smallest absolute Gasteiger partial charge is 0.273 e. The Morgan fingerprint density at radius 2 is 2.00 bits per heavy atom. The zero-order chi connectivity index (χ0) is 20.9. The number of carbonyl (C=O) groups excluding carboxylic acids is 1. The van der Waals surface area contributed by atoms with Gasteiger partial charge in [0.1, 0.15) is 5.82 Å². The van der Waals surface area contributed by atoms with E-state index in [1.54, 1.807) is 24.4 Å². The molecule has 0 radical (unpaired) electrons. The van der Waals surface area contributed by atoms with Crippen LogP contribution in [0.1, 0.15) is 14.6 Å². The van der Waals surface area contributed by atoms with E-state index in [1.165, 1.54) is 24.0 Å². The lowest BCUT2D eigenvalue weighted by Gasteiger charge is -2.13. The van der Waals surface area contributed by atoms with Crippen molar-refractivity contribution in [2.24, 2.45) is 0 Å². The first-order chi connectivity index (χ1) is 13.9. The third-order valence-corrected chi connectivity index (χ3v) is 3.96. The molecular weight excluding hydrogens is 352 g/mol. The summed E-state index contributed by atoms with van der Waals surface area (Å²) >= 11 is 1.46. The maximum atomic E-state index is 12.4. The number of thioether (sulfide) groups is 1. The number of aromatic nitrogens is 5. The van der Waals surface area contributed by atoms with Crippen molar-refractivity contribution in [2.45, 2.75) is 4.90 Å². The predicted molar refractivity (Wildman–Crippen MR) is 100 cm³/mol. The van der Waals surface area contributed by atoms with Crippen LogP contribution in [0.25, 0.3) is 0 Å². The summed E-state index contributed by atoms with van der Waals surface area (Å²) in [5.41, 5.74) is 0.0330. The molecule has 1 amide bonds. The Kier molecular flexibility index (Phi) is 4.41. The predicted octanol–water partition coefficient (Wildman–Crippen LogP) is 2.23. The van der Waals surface area contributed by atoms with Gasteiger partial charge in [-0.25, -0.2) is 4.98 Å². The molecule has 132 valence electrons. The molecule has 9 nitrogen and oxygen atoms in total. The lowest BCUT2D eigenvalue weighted by Crippen LogP contribution is -2.21. The first-order valence-corrected chi connectivity index (χ1v) is 8.59. The van der Waals surface area contributed by atoms with E-state index in [0.717, 1.165) is 4.90 Å². The normalized spacial score (nSPS) is 12.4. The van der Waals surface area contributed by atoms with Gasteiger partial charge in [-0.3, -0.25) is 4.79 Å². The fourth-order valence-electron chi connectivity index (χ4n) is 2.05. The average molecular weight is 371 g/mol. The molecule has 0 fully saturated rings. The second kappa shape index (κ2) is 8.21. The summed E-state index contributed by atoms with van der Waals surface area (Å²) in [5, 5.41) is 23.3. The summed E-state index contributed by atoms with van der Waals surface area (Å²) in [6, 6.07) is 8.52. The quantitative estimate of drug-likeness (QED) is 0.561. The van der Waals surface area contributed by atoms with E-state index in [2.05, 4.69) is 36.0 Å². The Morgan fingerprint density at radius 3 is 2.77 bits per heavy atom. The maximum Gasteiger partial charge on any atom is 0.273 e. The molecule has 3 heterocycles. The van der Waals surface area contributed by atoms with Crippen molar-refractivity contribution in [3.63, 3.8) is 0 Å². The van der Waals surface area contributed by atoms with Crippen LogP contribution in [0.15, 0.2) is 47.6 Å². The van der Waals surface area contributed by atoms with Crippen LogP contribution in [0, 0.1) is 0 Å². The summed E-state index contributed by atoms with van der Waals surface area (Å²) in [6.07, 6.45) is 5.00. The van der Waals surface area contributed by atoms with Crippen LogP contribution in [-0.2, 0) is 0 Å². The van der Waals surface area contributed by atoms with Gasteiger partial charge < -0.3 is 16.0 Å². The maximum absolute atomic E-state index is 12.4. The van der Waals surface area contributed by atoms with Crippen LogP contribution in [-0.4, -0.2) is 44.5 Å². The average Bonchev–Trinajstić information content (AvgIpc) is 2.68. The van der Waals surface area contributed by atoms with Crippen molar-refractivity contribution in [3.05, 3.63) is 48.4 Å². The fraction of sp³-hybridized carbons (Fsp3) is 0.125. The molecule has 0 saturated heterocycles. The molecule has 0 aliphatic carbocycles. The highest BCUT2D eigenvalue weighted by Gasteiger charge is 2.16. The number of hydrogen-bond acceptors (Lipinski definition) is 9. The zero-order valence-electron chi connectivity index (χ0n) is 16.6. The SMILES string of the molecule is [2H]C([2H])([2H])NC(=O)c1nnc(Nc2cccnn2)cc1Nc1ncccc1SC. The van der Waals surface area contributed by atoms with Gasteiger partial charge in [-0.2, -0.15) is 5.10 Å². The number of anilines is 4. The summed E-state index contributed by atoms with van der Waals surface area (Å²) in [4.78, 5) is 17.5. The monoisotopic (exact) mass is 371 g/mol. The number of amides is 1. The highest BCUT2D eigenvalue weighted by molar-refractivity contribution is 7.98. The number of carbonyl (C=O) groups is 1. The van der Waals surface area contributed by atoms with E-state index < -0.39 is 12.9 Å². The highest BCUT2D eigenvalue weighted by atomic mass is 32.2. The number of nitrogens with one attached hydrogen (secondary N) is 3. The summed E-state index contributed by atoms with van der Waals surface area (Å²) < 4.78 is 21.7. The van der Waals surface area contributed by atoms with Crippen molar-refractivity contribution < 1.29 is 8.91 Å². The van der Waals surface area contributed by atoms with Gasteiger partial charge in [0.05, 0.1) is 5.69 Å². The first kappa shape index (κ1) is 14.0. The van der Waals surface area contributed by atoms with E-state index in [-0.39, 0.29) is 17.2 Å². The molecule has 0 aromatic carbocycles. The topological polar surface area (TPSA) is 118 Å². The summed E-state index contributed by atoms with van der Waals surface area (Å²) in [6.45, 7) is -2.66. The molecule has 26 heavy (non-hydrogen) atoms. The molecule has 0 unspecified atom stereocenters. The Morgan fingerprint density at radius 1 is 1.12 bits per heavy atom. The second-order valence-electron chi connectivity index (χ2n) is 4.86. The van der Waals surface area contributed by atoms with Gasteiger partial charge in [-0.1, -0.05) is 0 Å².